The summed E-state index contributed by atoms with van der Waals surface area (Å²) in [6.07, 6.45) is -0.296. The van der Waals surface area contributed by atoms with E-state index in [1.54, 1.807) is 11.8 Å². The largest absolute Gasteiger partial charge is 0.444 e. The van der Waals surface area contributed by atoms with E-state index in [0.717, 1.165) is 0 Å². The van der Waals surface area contributed by atoms with Crippen molar-refractivity contribution in [1.29, 1.82) is 0 Å². The first-order valence-corrected chi connectivity index (χ1v) is 8.85. The molecule has 0 N–H and O–H groups in total. The fourth-order valence-electron chi connectivity index (χ4n) is 2.15. The summed E-state index contributed by atoms with van der Waals surface area (Å²) in [6.45, 7) is 13.7. The lowest BCUT2D eigenvalue weighted by Gasteiger charge is -2.36. The van der Waals surface area contributed by atoms with Crippen LogP contribution in [0.5, 0.6) is 0 Å². The van der Waals surface area contributed by atoms with Gasteiger partial charge < -0.3 is 14.5 Å². The number of halogens is 2. The molecule has 8 heteroatoms. The van der Waals surface area contributed by atoms with Gasteiger partial charge in [0.15, 0.2) is 11.0 Å². The standard InChI is InChI=1S/C14H20Cl2N4O2.C2H6/c1-9-17-11(16)10(15)12(18-9)19-5-7-20(8-6-19)13(21)22-14(2,3)4;1-2/h5-8H2,1-4H3;1-2H3. The van der Waals surface area contributed by atoms with Gasteiger partial charge in [-0.3, -0.25) is 0 Å². The van der Waals surface area contributed by atoms with Crippen LogP contribution in [-0.2, 0) is 4.74 Å². The third kappa shape index (κ3) is 5.67. The molecule has 24 heavy (non-hydrogen) atoms. The SMILES string of the molecule is CC.Cc1nc(Cl)c(Cl)c(N2CCN(C(=O)OC(C)(C)C)CC2)n1. The Morgan fingerprint density at radius 3 is 2.12 bits per heavy atom. The number of ether oxygens (including phenoxy) is 1. The Morgan fingerprint density at radius 1 is 1.08 bits per heavy atom. The Balaban J connectivity index is 0.00000139. The number of hydrogen-bond acceptors (Lipinski definition) is 5. The second-order valence-corrected chi connectivity index (χ2v) is 6.89. The zero-order chi connectivity index (χ0) is 18.5. The molecule has 0 aliphatic carbocycles. The highest BCUT2D eigenvalue weighted by atomic mass is 35.5. The Labute approximate surface area is 154 Å². The summed E-state index contributed by atoms with van der Waals surface area (Å²) in [5.74, 6) is 1.18. The molecule has 0 aromatic carbocycles. The molecule has 0 bridgehead atoms. The number of amides is 1. The van der Waals surface area contributed by atoms with E-state index >= 15 is 0 Å². The van der Waals surface area contributed by atoms with Crippen molar-refractivity contribution in [2.45, 2.75) is 47.1 Å². The summed E-state index contributed by atoms with van der Waals surface area (Å²) in [7, 11) is 0. The zero-order valence-corrected chi connectivity index (χ0v) is 16.7. The second-order valence-electron chi connectivity index (χ2n) is 6.15. The molecular weight excluding hydrogens is 351 g/mol. The van der Waals surface area contributed by atoms with Crippen molar-refractivity contribution in [3.63, 3.8) is 0 Å². The Kier molecular flexibility index (Phi) is 7.55. The molecule has 1 aliphatic rings. The number of nitrogens with zero attached hydrogens (tertiary/aromatic N) is 4. The van der Waals surface area contributed by atoms with Crippen LogP contribution in [0.2, 0.25) is 10.2 Å². The maximum Gasteiger partial charge on any atom is 0.410 e. The summed E-state index contributed by atoms with van der Waals surface area (Å²) >= 11 is 12.2. The van der Waals surface area contributed by atoms with E-state index in [2.05, 4.69) is 9.97 Å². The lowest BCUT2D eigenvalue weighted by molar-refractivity contribution is 0.0240. The number of aromatic nitrogens is 2. The highest BCUT2D eigenvalue weighted by Crippen LogP contribution is 2.30. The minimum absolute atomic E-state index is 0.249. The van der Waals surface area contributed by atoms with Crippen LogP contribution in [0.25, 0.3) is 0 Å². The molecule has 0 atom stereocenters. The third-order valence-corrected chi connectivity index (χ3v) is 3.85. The van der Waals surface area contributed by atoms with E-state index < -0.39 is 5.60 Å². The second kappa shape index (κ2) is 8.72. The Bertz CT molecular complexity index is 568. The molecule has 1 aliphatic heterocycles. The van der Waals surface area contributed by atoms with Crippen LogP contribution in [0.1, 0.15) is 40.4 Å². The summed E-state index contributed by atoms with van der Waals surface area (Å²) in [5, 5.41) is 0.594. The van der Waals surface area contributed by atoms with Gasteiger partial charge in [-0.05, 0) is 27.7 Å². The van der Waals surface area contributed by atoms with E-state index in [1.807, 2.05) is 39.5 Å². The molecule has 0 spiro atoms. The zero-order valence-electron chi connectivity index (χ0n) is 15.2. The maximum absolute atomic E-state index is 12.0. The number of piperazine rings is 1. The summed E-state index contributed by atoms with van der Waals surface area (Å²) in [5.41, 5.74) is -0.491. The first kappa shape index (κ1) is 20.8. The van der Waals surface area contributed by atoms with Gasteiger partial charge in [0.25, 0.3) is 0 Å². The normalized spacial score (nSPS) is 14.8. The van der Waals surface area contributed by atoms with Crippen molar-refractivity contribution in [2.75, 3.05) is 31.1 Å². The minimum Gasteiger partial charge on any atom is -0.444 e. The molecule has 0 radical (unpaired) electrons. The van der Waals surface area contributed by atoms with Gasteiger partial charge in [-0.25, -0.2) is 14.8 Å². The number of carbonyl (C=O) groups excluding carboxylic acids is 1. The fraction of sp³-hybridized carbons (Fsp3) is 0.688. The Hall–Kier alpha value is -1.27. The first-order valence-electron chi connectivity index (χ1n) is 8.10. The first-order chi connectivity index (χ1) is 11.2. The highest BCUT2D eigenvalue weighted by molar-refractivity contribution is 6.42. The van der Waals surface area contributed by atoms with Gasteiger partial charge in [0.05, 0.1) is 0 Å². The van der Waals surface area contributed by atoms with Crippen molar-refractivity contribution < 1.29 is 9.53 Å². The van der Waals surface area contributed by atoms with Crippen LogP contribution in [0.15, 0.2) is 0 Å². The van der Waals surface area contributed by atoms with Gasteiger partial charge in [0.1, 0.15) is 16.4 Å². The van der Waals surface area contributed by atoms with Crippen LogP contribution >= 0.6 is 23.2 Å². The van der Waals surface area contributed by atoms with Crippen molar-refractivity contribution in [3.8, 4) is 0 Å². The number of anilines is 1. The number of rotatable bonds is 1. The average Bonchev–Trinajstić information content (AvgIpc) is 2.51. The predicted octanol–water partition coefficient (Wildman–Crippen LogP) is 4.18. The van der Waals surface area contributed by atoms with Gasteiger partial charge in [0, 0.05) is 26.2 Å². The predicted molar refractivity (Wildman–Crippen MR) is 98.2 cm³/mol. The molecule has 0 saturated carbocycles. The molecule has 2 rings (SSSR count). The van der Waals surface area contributed by atoms with Crippen LogP contribution in [0.3, 0.4) is 0 Å². The van der Waals surface area contributed by atoms with Gasteiger partial charge in [-0.15, -0.1) is 0 Å². The van der Waals surface area contributed by atoms with E-state index in [1.165, 1.54) is 0 Å². The van der Waals surface area contributed by atoms with Gasteiger partial charge in [-0.1, -0.05) is 37.0 Å². The van der Waals surface area contributed by atoms with Gasteiger partial charge in [0.2, 0.25) is 0 Å². The topological polar surface area (TPSA) is 58.6 Å². The molecule has 1 fully saturated rings. The van der Waals surface area contributed by atoms with Crippen molar-refractivity contribution >= 4 is 35.1 Å². The van der Waals surface area contributed by atoms with Crippen LogP contribution in [0.4, 0.5) is 10.6 Å². The average molecular weight is 377 g/mol. The van der Waals surface area contributed by atoms with E-state index in [-0.39, 0.29) is 11.2 Å². The lowest BCUT2D eigenvalue weighted by Crippen LogP contribution is -2.50. The maximum atomic E-state index is 12.0. The van der Waals surface area contributed by atoms with E-state index in [4.69, 9.17) is 27.9 Å². The number of aryl methyl sites for hydroxylation is 1. The molecule has 1 aromatic heterocycles. The smallest absolute Gasteiger partial charge is 0.410 e. The molecule has 6 nitrogen and oxygen atoms in total. The minimum atomic E-state index is -0.491. The molecule has 1 aromatic rings. The molecule has 136 valence electrons. The highest BCUT2D eigenvalue weighted by Gasteiger charge is 2.27. The molecule has 1 saturated heterocycles. The lowest BCUT2D eigenvalue weighted by atomic mass is 10.2. The van der Waals surface area contributed by atoms with E-state index in [9.17, 15) is 4.79 Å². The number of carbonyl (C=O) groups is 1. The van der Waals surface area contributed by atoms with Crippen LogP contribution < -0.4 is 4.90 Å². The number of hydrogen-bond donors (Lipinski definition) is 0. The van der Waals surface area contributed by atoms with Gasteiger partial charge >= 0.3 is 6.09 Å². The summed E-state index contributed by atoms with van der Waals surface area (Å²) < 4.78 is 5.38. The Morgan fingerprint density at radius 2 is 1.62 bits per heavy atom. The summed E-state index contributed by atoms with van der Waals surface area (Å²) in [6, 6.07) is 0. The molecule has 1 amide bonds. The van der Waals surface area contributed by atoms with Gasteiger partial charge in [-0.2, -0.15) is 0 Å². The van der Waals surface area contributed by atoms with Crippen molar-refractivity contribution in [2.24, 2.45) is 0 Å². The van der Waals surface area contributed by atoms with Crippen LogP contribution in [0, 0.1) is 6.92 Å². The fourth-order valence-corrected chi connectivity index (χ4v) is 2.56. The van der Waals surface area contributed by atoms with Crippen LogP contribution in [-0.4, -0.2) is 52.7 Å². The molecule has 2 heterocycles. The third-order valence-electron chi connectivity index (χ3n) is 3.14. The van der Waals surface area contributed by atoms with Crippen molar-refractivity contribution in [1.82, 2.24) is 14.9 Å². The van der Waals surface area contributed by atoms with Crippen molar-refractivity contribution in [3.05, 3.63) is 16.0 Å². The van der Waals surface area contributed by atoms with E-state index in [0.29, 0.717) is 42.8 Å². The summed E-state index contributed by atoms with van der Waals surface area (Å²) in [4.78, 5) is 24.1. The quantitative estimate of drug-likeness (QED) is 0.688. The molecule has 0 unspecified atom stereocenters. The molecular formula is C16H26Cl2N4O2. The monoisotopic (exact) mass is 376 g/mol.